The number of nitrogens with zero attached hydrogens (tertiary/aromatic N) is 3. The molecule has 2 heterocycles. The molecule has 1 aliphatic rings. The fourth-order valence-corrected chi connectivity index (χ4v) is 3.20. The largest absolute Gasteiger partial charge is 0.416 e. The molecule has 0 unspecified atom stereocenters. The summed E-state index contributed by atoms with van der Waals surface area (Å²) in [6, 6.07) is 11.6. The summed E-state index contributed by atoms with van der Waals surface area (Å²) in [6.07, 6.45) is -2.92. The highest BCUT2D eigenvalue weighted by Crippen LogP contribution is 2.33. The Hall–Kier alpha value is -2.82. The Balaban J connectivity index is 1.78. The first-order valence-corrected chi connectivity index (χ1v) is 8.95. The zero-order chi connectivity index (χ0) is 19.6. The van der Waals surface area contributed by atoms with Crippen molar-refractivity contribution in [2.75, 3.05) is 32.8 Å². The molecule has 1 saturated heterocycles. The minimum absolute atomic E-state index is 0.273. The van der Waals surface area contributed by atoms with Crippen molar-refractivity contribution < 1.29 is 17.9 Å². The smallest absolute Gasteiger partial charge is 0.379 e. The van der Waals surface area contributed by atoms with Gasteiger partial charge in [0.15, 0.2) is 0 Å². The zero-order valence-corrected chi connectivity index (χ0v) is 15.0. The Morgan fingerprint density at radius 2 is 1.82 bits per heavy atom. The van der Waals surface area contributed by atoms with Crippen molar-refractivity contribution in [2.45, 2.75) is 6.18 Å². The highest BCUT2D eigenvalue weighted by atomic mass is 19.4. The second-order valence-corrected chi connectivity index (χ2v) is 6.53. The van der Waals surface area contributed by atoms with E-state index in [4.69, 9.17) is 4.74 Å². The Kier molecular flexibility index (Phi) is 5.07. The molecule has 7 heteroatoms. The number of imidazole rings is 1. The van der Waals surface area contributed by atoms with Crippen molar-refractivity contribution in [2.24, 2.45) is 0 Å². The SMILES string of the molecule is FC(F)(F)c1cc(C#CCN2CCOCC2)c2c(c1)ncn2-c1ccccc1. The van der Waals surface area contributed by atoms with Crippen LogP contribution in [0.3, 0.4) is 0 Å². The number of alkyl halides is 3. The molecule has 0 radical (unpaired) electrons. The fourth-order valence-electron chi connectivity index (χ4n) is 3.20. The quantitative estimate of drug-likeness (QED) is 0.630. The van der Waals surface area contributed by atoms with E-state index in [1.165, 1.54) is 6.33 Å². The van der Waals surface area contributed by atoms with Crippen LogP contribution in [0.15, 0.2) is 48.8 Å². The Bertz CT molecular complexity index is 1030. The van der Waals surface area contributed by atoms with E-state index in [1.807, 2.05) is 30.3 Å². The van der Waals surface area contributed by atoms with Crippen LogP contribution in [-0.2, 0) is 10.9 Å². The van der Waals surface area contributed by atoms with E-state index in [-0.39, 0.29) is 5.52 Å². The molecule has 0 spiro atoms. The van der Waals surface area contributed by atoms with Crippen molar-refractivity contribution >= 4 is 11.0 Å². The maximum Gasteiger partial charge on any atom is 0.416 e. The number of para-hydroxylation sites is 1. The van der Waals surface area contributed by atoms with Gasteiger partial charge in [0.25, 0.3) is 0 Å². The van der Waals surface area contributed by atoms with Gasteiger partial charge in [-0.1, -0.05) is 30.0 Å². The second-order valence-electron chi connectivity index (χ2n) is 6.53. The van der Waals surface area contributed by atoms with Gasteiger partial charge >= 0.3 is 6.18 Å². The molecule has 4 nitrogen and oxygen atoms in total. The Labute approximate surface area is 160 Å². The lowest BCUT2D eigenvalue weighted by atomic mass is 10.1. The number of fused-ring (bicyclic) bond motifs is 1. The number of aromatic nitrogens is 2. The number of hydrogen-bond donors (Lipinski definition) is 0. The molecule has 0 saturated carbocycles. The van der Waals surface area contributed by atoms with E-state index in [0.717, 1.165) is 30.9 Å². The van der Waals surface area contributed by atoms with Crippen LogP contribution in [0.2, 0.25) is 0 Å². The lowest BCUT2D eigenvalue weighted by Gasteiger charge is -2.24. The highest BCUT2D eigenvalue weighted by Gasteiger charge is 2.32. The fraction of sp³-hybridized carbons (Fsp3) is 0.286. The summed E-state index contributed by atoms with van der Waals surface area (Å²) in [5.41, 5.74) is 1.25. The number of morpholine rings is 1. The third-order valence-electron chi connectivity index (χ3n) is 4.63. The van der Waals surface area contributed by atoms with Gasteiger partial charge in [0.2, 0.25) is 0 Å². The highest BCUT2D eigenvalue weighted by molar-refractivity contribution is 5.85. The van der Waals surface area contributed by atoms with E-state index in [1.54, 1.807) is 4.57 Å². The first kappa shape index (κ1) is 18.5. The Morgan fingerprint density at radius 1 is 1.07 bits per heavy atom. The van der Waals surface area contributed by atoms with Crippen molar-refractivity contribution in [1.29, 1.82) is 0 Å². The van der Waals surface area contributed by atoms with Gasteiger partial charge in [-0.2, -0.15) is 13.2 Å². The van der Waals surface area contributed by atoms with Crippen LogP contribution in [0.1, 0.15) is 11.1 Å². The van der Waals surface area contributed by atoms with Crippen LogP contribution < -0.4 is 0 Å². The van der Waals surface area contributed by atoms with Gasteiger partial charge in [-0.25, -0.2) is 4.98 Å². The molecule has 0 amide bonds. The molecule has 4 rings (SSSR count). The third-order valence-corrected chi connectivity index (χ3v) is 4.63. The maximum atomic E-state index is 13.3. The molecule has 3 aromatic rings. The van der Waals surface area contributed by atoms with E-state index in [9.17, 15) is 13.2 Å². The summed E-state index contributed by atoms with van der Waals surface area (Å²) in [5.74, 6) is 5.97. The molecule has 144 valence electrons. The number of rotatable bonds is 2. The standard InChI is InChI=1S/C21H18F3N3O/c22-21(23,24)17-13-16(5-4-8-26-9-11-28-12-10-26)20-19(14-17)25-15-27(20)18-6-2-1-3-7-18/h1-3,6-7,13-15H,8-12H2. The predicted octanol–water partition coefficient (Wildman–Crippen LogP) is 3.73. The van der Waals surface area contributed by atoms with Gasteiger partial charge < -0.3 is 4.74 Å². The maximum absolute atomic E-state index is 13.3. The summed E-state index contributed by atoms with van der Waals surface area (Å²) in [4.78, 5) is 6.32. The van der Waals surface area contributed by atoms with Crippen LogP contribution in [0.5, 0.6) is 0 Å². The minimum Gasteiger partial charge on any atom is -0.379 e. The second kappa shape index (κ2) is 7.66. The number of hydrogen-bond acceptors (Lipinski definition) is 3. The van der Waals surface area contributed by atoms with Gasteiger partial charge in [0, 0.05) is 18.8 Å². The zero-order valence-electron chi connectivity index (χ0n) is 15.0. The van der Waals surface area contributed by atoms with Crippen LogP contribution in [0.4, 0.5) is 13.2 Å². The summed E-state index contributed by atoms with van der Waals surface area (Å²) in [5, 5.41) is 0. The van der Waals surface area contributed by atoms with Gasteiger partial charge in [0.05, 0.1) is 41.9 Å². The van der Waals surface area contributed by atoms with Crippen molar-refractivity contribution in [3.05, 3.63) is 59.9 Å². The summed E-state index contributed by atoms with van der Waals surface area (Å²) < 4.78 is 47.1. The first-order chi connectivity index (χ1) is 13.5. The molecule has 1 aliphatic heterocycles. The van der Waals surface area contributed by atoms with E-state index < -0.39 is 11.7 Å². The molecule has 28 heavy (non-hydrogen) atoms. The normalized spacial score (nSPS) is 15.4. The average molecular weight is 385 g/mol. The Morgan fingerprint density at radius 3 is 2.54 bits per heavy atom. The minimum atomic E-state index is -4.45. The van der Waals surface area contributed by atoms with Gasteiger partial charge in [-0.05, 0) is 24.3 Å². The molecule has 0 N–H and O–H groups in total. The average Bonchev–Trinajstić information content (AvgIpc) is 3.13. The third kappa shape index (κ3) is 3.88. The topological polar surface area (TPSA) is 30.3 Å². The lowest BCUT2D eigenvalue weighted by Crippen LogP contribution is -2.36. The molecule has 1 fully saturated rings. The van der Waals surface area contributed by atoms with Gasteiger partial charge in [-0.15, -0.1) is 0 Å². The lowest BCUT2D eigenvalue weighted by molar-refractivity contribution is -0.137. The molecule has 0 aliphatic carbocycles. The van der Waals surface area contributed by atoms with Crippen LogP contribution in [0.25, 0.3) is 16.7 Å². The molecule has 0 bridgehead atoms. The van der Waals surface area contributed by atoms with Crippen molar-refractivity contribution in [3.63, 3.8) is 0 Å². The van der Waals surface area contributed by atoms with E-state index >= 15 is 0 Å². The van der Waals surface area contributed by atoms with E-state index in [2.05, 4.69) is 21.7 Å². The van der Waals surface area contributed by atoms with Gasteiger partial charge in [0.1, 0.15) is 6.33 Å². The predicted molar refractivity (Wildman–Crippen MR) is 100 cm³/mol. The molecule has 1 aromatic heterocycles. The first-order valence-electron chi connectivity index (χ1n) is 8.95. The van der Waals surface area contributed by atoms with Crippen molar-refractivity contribution in [3.8, 4) is 17.5 Å². The molecule has 2 aromatic carbocycles. The summed E-state index contributed by atoms with van der Waals surface area (Å²) >= 11 is 0. The molecular formula is C21H18F3N3O. The number of halogens is 3. The van der Waals surface area contributed by atoms with Gasteiger partial charge in [-0.3, -0.25) is 9.47 Å². The van der Waals surface area contributed by atoms with Crippen LogP contribution >= 0.6 is 0 Å². The molecular weight excluding hydrogens is 367 g/mol. The number of benzene rings is 2. The van der Waals surface area contributed by atoms with Crippen LogP contribution in [0, 0.1) is 11.8 Å². The van der Waals surface area contributed by atoms with Crippen molar-refractivity contribution in [1.82, 2.24) is 14.5 Å². The summed E-state index contributed by atoms with van der Waals surface area (Å²) in [7, 11) is 0. The van der Waals surface area contributed by atoms with Crippen LogP contribution in [-0.4, -0.2) is 47.3 Å². The summed E-state index contributed by atoms with van der Waals surface area (Å²) in [6.45, 7) is 3.33. The molecule has 0 atom stereocenters. The van der Waals surface area contributed by atoms with E-state index in [0.29, 0.717) is 30.8 Å². The number of ether oxygens (including phenoxy) is 1. The monoisotopic (exact) mass is 385 g/mol.